The highest BCUT2D eigenvalue weighted by atomic mass is 16.3. The van der Waals surface area contributed by atoms with E-state index >= 15 is 0 Å². The second kappa shape index (κ2) is 7.96. The summed E-state index contributed by atoms with van der Waals surface area (Å²) in [6, 6.07) is 9.65. The van der Waals surface area contributed by atoms with Gasteiger partial charge in [-0.25, -0.2) is 15.0 Å². The van der Waals surface area contributed by atoms with Crippen LogP contribution in [0.2, 0.25) is 0 Å². The van der Waals surface area contributed by atoms with Gasteiger partial charge in [-0.3, -0.25) is 15.1 Å². The molecule has 0 aliphatic carbocycles. The molecule has 2 heterocycles. The molecule has 1 saturated heterocycles. The van der Waals surface area contributed by atoms with Crippen molar-refractivity contribution in [2.45, 2.75) is 0 Å². The zero-order valence-corrected chi connectivity index (χ0v) is 13.4. The minimum Gasteiger partial charge on any atom is -0.395 e. The quantitative estimate of drug-likeness (QED) is 0.827. The minimum absolute atomic E-state index is 0.164. The summed E-state index contributed by atoms with van der Waals surface area (Å²) < 4.78 is 0. The van der Waals surface area contributed by atoms with Crippen LogP contribution in [-0.4, -0.2) is 70.2 Å². The fourth-order valence-corrected chi connectivity index (χ4v) is 2.61. The van der Waals surface area contributed by atoms with Crippen LogP contribution < -0.4 is 5.43 Å². The van der Waals surface area contributed by atoms with Gasteiger partial charge in [-0.2, -0.15) is 0 Å². The van der Waals surface area contributed by atoms with Crippen molar-refractivity contribution in [2.24, 2.45) is 0 Å². The van der Waals surface area contributed by atoms with E-state index in [2.05, 4.69) is 20.3 Å². The summed E-state index contributed by atoms with van der Waals surface area (Å²) in [6.07, 6.45) is 3.10. The molecule has 0 saturated carbocycles. The standard InChI is InChI=1S/C17H21N5O2/c23-11-10-21-6-8-22(9-7-21)20-17(24)15-12-18-16(19-13-15)14-4-2-1-3-5-14/h1-5,12-13,23H,6-11H2,(H,20,24). The van der Waals surface area contributed by atoms with Crippen LogP contribution in [0.3, 0.4) is 0 Å². The molecule has 7 nitrogen and oxygen atoms in total. The first-order valence-electron chi connectivity index (χ1n) is 8.03. The SMILES string of the molecule is O=C(NN1CCN(CCO)CC1)c1cnc(-c2ccccc2)nc1. The molecule has 1 amide bonds. The van der Waals surface area contributed by atoms with E-state index in [1.165, 1.54) is 0 Å². The third-order valence-corrected chi connectivity index (χ3v) is 3.99. The molecule has 126 valence electrons. The van der Waals surface area contributed by atoms with E-state index in [-0.39, 0.29) is 12.5 Å². The largest absolute Gasteiger partial charge is 0.395 e. The summed E-state index contributed by atoms with van der Waals surface area (Å²) >= 11 is 0. The van der Waals surface area contributed by atoms with E-state index in [1.54, 1.807) is 12.4 Å². The van der Waals surface area contributed by atoms with Gasteiger partial charge in [0.25, 0.3) is 5.91 Å². The van der Waals surface area contributed by atoms with Gasteiger partial charge >= 0.3 is 0 Å². The van der Waals surface area contributed by atoms with Crippen LogP contribution in [0.15, 0.2) is 42.7 Å². The predicted molar refractivity (Wildman–Crippen MR) is 90.0 cm³/mol. The number of piperazine rings is 1. The molecule has 0 bridgehead atoms. The summed E-state index contributed by atoms with van der Waals surface area (Å²) in [5, 5.41) is 10.8. The van der Waals surface area contributed by atoms with Crippen molar-refractivity contribution in [3.63, 3.8) is 0 Å². The highest BCUT2D eigenvalue weighted by Crippen LogP contribution is 2.13. The zero-order valence-electron chi connectivity index (χ0n) is 13.4. The number of hydrogen-bond donors (Lipinski definition) is 2. The number of carbonyl (C=O) groups is 1. The van der Waals surface area contributed by atoms with Gasteiger partial charge in [-0.15, -0.1) is 0 Å². The normalized spacial score (nSPS) is 16.0. The third-order valence-electron chi connectivity index (χ3n) is 3.99. The summed E-state index contributed by atoms with van der Waals surface area (Å²) in [7, 11) is 0. The van der Waals surface area contributed by atoms with Crippen molar-refractivity contribution in [2.75, 3.05) is 39.3 Å². The minimum atomic E-state index is -0.204. The number of aliphatic hydroxyl groups is 1. The van der Waals surface area contributed by atoms with Crippen molar-refractivity contribution >= 4 is 5.91 Å². The number of benzene rings is 1. The summed E-state index contributed by atoms with van der Waals surface area (Å²) in [5.74, 6) is 0.398. The number of hydrazine groups is 1. The maximum atomic E-state index is 12.3. The second-order valence-corrected chi connectivity index (χ2v) is 5.65. The summed E-state index contributed by atoms with van der Waals surface area (Å²) in [6.45, 7) is 3.95. The predicted octanol–water partition coefficient (Wildman–Crippen LogP) is 0.398. The van der Waals surface area contributed by atoms with E-state index in [1.807, 2.05) is 35.3 Å². The Kier molecular flexibility index (Phi) is 5.47. The molecule has 0 radical (unpaired) electrons. The van der Waals surface area contributed by atoms with Crippen molar-refractivity contribution in [1.29, 1.82) is 0 Å². The van der Waals surface area contributed by atoms with Gasteiger partial charge in [0.2, 0.25) is 0 Å². The first-order chi connectivity index (χ1) is 11.8. The Morgan fingerprint density at radius 3 is 2.38 bits per heavy atom. The first-order valence-corrected chi connectivity index (χ1v) is 8.03. The van der Waals surface area contributed by atoms with Crippen molar-refractivity contribution in [3.05, 3.63) is 48.3 Å². The molecule has 24 heavy (non-hydrogen) atoms. The molecule has 3 rings (SSSR count). The number of aliphatic hydroxyl groups excluding tert-OH is 1. The molecular formula is C17H21N5O2. The molecule has 1 fully saturated rings. The lowest BCUT2D eigenvalue weighted by atomic mass is 10.2. The number of rotatable bonds is 5. The van der Waals surface area contributed by atoms with Crippen molar-refractivity contribution in [1.82, 2.24) is 25.3 Å². The Morgan fingerprint density at radius 2 is 1.75 bits per heavy atom. The molecule has 1 aromatic heterocycles. The van der Waals surface area contributed by atoms with Gasteiger partial charge in [-0.1, -0.05) is 30.3 Å². The second-order valence-electron chi connectivity index (χ2n) is 5.65. The molecular weight excluding hydrogens is 306 g/mol. The fourth-order valence-electron chi connectivity index (χ4n) is 2.61. The van der Waals surface area contributed by atoms with Gasteiger partial charge in [0.05, 0.1) is 12.2 Å². The van der Waals surface area contributed by atoms with Crippen LogP contribution in [0.1, 0.15) is 10.4 Å². The van der Waals surface area contributed by atoms with E-state index < -0.39 is 0 Å². The molecule has 7 heteroatoms. The van der Waals surface area contributed by atoms with Crippen molar-refractivity contribution < 1.29 is 9.90 Å². The number of nitrogens with zero attached hydrogens (tertiary/aromatic N) is 4. The van der Waals surface area contributed by atoms with Crippen LogP contribution in [0, 0.1) is 0 Å². The molecule has 0 spiro atoms. The van der Waals surface area contributed by atoms with Gasteiger partial charge in [0, 0.05) is 50.7 Å². The van der Waals surface area contributed by atoms with Gasteiger partial charge in [0.1, 0.15) is 0 Å². The Morgan fingerprint density at radius 1 is 1.08 bits per heavy atom. The molecule has 0 unspecified atom stereocenters. The summed E-state index contributed by atoms with van der Waals surface area (Å²) in [5.41, 5.74) is 4.24. The Hall–Kier alpha value is -2.35. The van der Waals surface area contributed by atoms with Gasteiger partial charge in [-0.05, 0) is 0 Å². The number of hydrogen-bond acceptors (Lipinski definition) is 6. The maximum Gasteiger partial charge on any atom is 0.268 e. The van der Waals surface area contributed by atoms with Gasteiger partial charge in [0.15, 0.2) is 5.82 Å². The van der Waals surface area contributed by atoms with Crippen LogP contribution in [-0.2, 0) is 0 Å². The Bertz CT molecular complexity index is 654. The lowest BCUT2D eigenvalue weighted by Gasteiger charge is -2.34. The van der Waals surface area contributed by atoms with Gasteiger partial charge < -0.3 is 5.11 Å². The number of β-amino-alcohol motifs (C(OH)–C–C–N with tert-alkyl or cyclic N) is 1. The molecule has 0 atom stereocenters. The number of amides is 1. The Balaban J connectivity index is 1.56. The van der Waals surface area contributed by atoms with Crippen LogP contribution in [0.5, 0.6) is 0 Å². The third kappa shape index (κ3) is 4.14. The zero-order chi connectivity index (χ0) is 16.8. The first kappa shape index (κ1) is 16.5. The fraction of sp³-hybridized carbons (Fsp3) is 0.353. The Labute approximate surface area is 140 Å². The average molecular weight is 327 g/mol. The summed E-state index contributed by atoms with van der Waals surface area (Å²) in [4.78, 5) is 23.0. The smallest absolute Gasteiger partial charge is 0.268 e. The topological polar surface area (TPSA) is 81.6 Å². The molecule has 1 aliphatic heterocycles. The molecule has 2 aromatic rings. The van der Waals surface area contributed by atoms with Crippen molar-refractivity contribution in [3.8, 4) is 11.4 Å². The highest BCUT2D eigenvalue weighted by molar-refractivity contribution is 5.93. The van der Waals surface area contributed by atoms with Crippen LogP contribution >= 0.6 is 0 Å². The monoisotopic (exact) mass is 327 g/mol. The lowest BCUT2D eigenvalue weighted by molar-refractivity contribution is 0.0580. The van der Waals surface area contributed by atoms with E-state index in [0.29, 0.717) is 17.9 Å². The van der Waals surface area contributed by atoms with Crippen LogP contribution in [0.25, 0.3) is 11.4 Å². The molecule has 1 aliphatic rings. The maximum absolute atomic E-state index is 12.3. The van der Waals surface area contributed by atoms with E-state index in [9.17, 15) is 4.79 Å². The van der Waals surface area contributed by atoms with E-state index in [4.69, 9.17) is 5.11 Å². The number of aromatic nitrogens is 2. The molecule has 2 N–H and O–H groups in total. The highest BCUT2D eigenvalue weighted by Gasteiger charge is 2.18. The average Bonchev–Trinajstić information content (AvgIpc) is 2.64. The number of nitrogens with one attached hydrogen (secondary N) is 1. The van der Waals surface area contributed by atoms with E-state index in [0.717, 1.165) is 31.7 Å². The molecule has 1 aromatic carbocycles. The number of carbonyl (C=O) groups excluding carboxylic acids is 1. The lowest BCUT2D eigenvalue weighted by Crippen LogP contribution is -2.53. The van der Waals surface area contributed by atoms with Crippen LogP contribution in [0.4, 0.5) is 0 Å².